The Labute approximate surface area is 129 Å². The van der Waals surface area contributed by atoms with Crippen LogP contribution in [0.1, 0.15) is 29.7 Å². The highest BCUT2D eigenvalue weighted by Gasteiger charge is 2.15. The van der Waals surface area contributed by atoms with Gasteiger partial charge in [-0.3, -0.25) is 14.8 Å². The quantitative estimate of drug-likeness (QED) is 0.917. The van der Waals surface area contributed by atoms with E-state index in [1.54, 1.807) is 18.6 Å². The summed E-state index contributed by atoms with van der Waals surface area (Å²) >= 11 is 0. The molecule has 0 bridgehead atoms. The second kappa shape index (κ2) is 7.02. The summed E-state index contributed by atoms with van der Waals surface area (Å²) in [5.41, 5.74) is 3.29. The Morgan fingerprint density at radius 3 is 2.82 bits per heavy atom. The van der Waals surface area contributed by atoms with Gasteiger partial charge in [-0.05, 0) is 49.4 Å². The highest BCUT2D eigenvalue weighted by atomic mass is 16.5. The van der Waals surface area contributed by atoms with Crippen molar-refractivity contribution in [2.75, 3.05) is 6.61 Å². The van der Waals surface area contributed by atoms with Crippen LogP contribution in [0.2, 0.25) is 0 Å². The SMILES string of the molecule is O=C(COc1ccnc2c1CCCC2)NCc1ccncc1. The Morgan fingerprint density at radius 2 is 1.95 bits per heavy atom. The third kappa shape index (κ3) is 3.61. The van der Waals surface area contributed by atoms with Crippen LogP contribution >= 0.6 is 0 Å². The Kier molecular flexibility index (Phi) is 4.63. The van der Waals surface area contributed by atoms with Gasteiger partial charge in [0.2, 0.25) is 0 Å². The number of nitrogens with zero attached hydrogens (tertiary/aromatic N) is 2. The molecule has 2 aromatic heterocycles. The molecule has 0 unspecified atom stereocenters. The molecule has 5 nitrogen and oxygen atoms in total. The van der Waals surface area contributed by atoms with Crippen LogP contribution in [0, 0.1) is 0 Å². The third-order valence-electron chi connectivity index (χ3n) is 3.79. The maximum atomic E-state index is 11.9. The summed E-state index contributed by atoms with van der Waals surface area (Å²) in [4.78, 5) is 20.2. The second-order valence-electron chi connectivity index (χ2n) is 5.36. The van der Waals surface area contributed by atoms with Crippen LogP contribution in [0.15, 0.2) is 36.8 Å². The van der Waals surface area contributed by atoms with Crippen molar-refractivity contribution in [1.82, 2.24) is 15.3 Å². The highest BCUT2D eigenvalue weighted by Crippen LogP contribution is 2.27. The minimum Gasteiger partial charge on any atom is -0.483 e. The van der Waals surface area contributed by atoms with E-state index in [4.69, 9.17) is 4.74 Å². The van der Waals surface area contributed by atoms with Crippen LogP contribution in [-0.2, 0) is 24.2 Å². The molecular weight excluding hydrogens is 278 g/mol. The number of hydrogen-bond acceptors (Lipinski definition) is 4. The number of nitrogens with one attached hydrogen (secondary N) is 1. The average molecular weight is 297 g/mol. The smallest absolute Gasteiger partial charge is 0.258 e. The van der Waals surface area contributed by atoms with E-state index in [0.29, 0.717) is 6.54 Å². The first-order valence-corrected chi connectivity index (χ1v) is 7.58. The summed E-state index contributed by atoms with van der Waals surface area (Å²) in [6.07, 6.45) is 9.49. The fourth-order valence-corrected chi connectivity index (χ4v) is 2.62. The molecular formula is C17H19N3O2. The van der Waals surface area contributed by atoms with E-state index in [2.05, 4.69) is 15.3 Å². The zero-order valence-corrected chi connectivity index (χ0v) is 12.4. The van der Waals surface area contributed by atoms with Gasteiger partial charge in [-0.2, -0.15) is 0 Å². The summed E-state index contributed by atoms with van der Waals surface area (Å²) in [5, 5.41) is 2.84. The number of carbonyl (C=O) groups is 1. The van der Waals surface area contributed by atoms with Crippen LogP contribution in [-0.4, -0.2) is 22.5 Å². The fraction of sp³-hybridized carbons (Fsp3) is 0.353. The summed E-state index contributed by atoms with van der Waals surface area (Å²) in [6.45, 7) is 0.515. The number of aromatic nitrogens is 2. The summed E-state index contributed by atoms with van der Waals surface area (Å²) in [7, 11) is 0. The van der Waals surface area contributed by atoms with Crippen molar-refractivity contribution in [3.8, 4) is 5.75 Å². The predicted octanol–water partition coefficient (Wildman–Crippen LogP) is 2.05. The zero-order chi connectivity index (χ0) is 15.2. The second-order valence-corrected chi connectivity index (χ2v) is 5.36. The Morgan fingerprint density at radius 1 is 1.14 bits per heavy atom. The molecule has 1 amide bonds. The lowest BCUT2D eigenvalue weighted by Gasteiger charge is -2.18. The largest absolute Gasteiger partial charge is 0.483 e. The third-order valence-corrected chi connectivity index (χ3v) is 3.79. The van der Waals surface area contributed by atoms with E-state index < -0.39 is 0 Å². The molecule has 0 fully saturated rings. The Hall–Kier alpha value is -2.43. The molecule has 0 radical (unpaired) electrons. The maximum absolute atomic E-state index is 11.9. The summed E-state index contributed by atoms with van der Waals surface area (Å²) < 4.78 is 5.69. The van der Waals surface area contributed by atoms with Gasteiger partial charge < -0.3 is 10.1 Å². The lowest BCUT2D eigenvalue weighted by molar-refractivity contribution is -0.123. The standard InChI is InChI=1S/C17H19N3O2/c21-17(20-11-13-5-8-18-9-6-13)12-22-16-7-10-19-15-4-2-1-3-14(15)16/h5-10H,1-4,11-12H2,(H,20,21). The molecule has 0 spiro atoms. The van der Waals surface area contributed by atoms with Gasteiger partial charge in [-0.1, -0.05) is 0 Å². The minimum absolute atomic E-state index is 0.0293. The van der Waals surface area contributed by atoms with Crippen molar-refractivity contribution in [3.63, 3.8) is 0 Å². The highest BCUT2D eigenvalue weighted by molar-refractivity contribution is 5.77. The van der Waals surface area contributed by atoms with Gasteiger partial charge in [0.05, 0.1) is 0 Å². The van der Waals surface area contributed by atoms with Crippen molar-refractivity contribution < 1.29 is 9.53 Å². The molecule has 1 aliphatic carbocycles. The molecule has 2 aromatic rings. The van der Waals surface area contributed by atoms with E-state index in [1.807, 2.05) is 18.2 Å². The van der Waals surface area contributed by atoms with E-state index in [9.17, 15) is 4.79 Å². The summed E-state index contributed by atoms with van der Waals surface area (Å²) in [6, 6.07) is 5.60. The number of pyridine rings is 2. The fourth-order valence-electron chi connectivity index (χ4n) is 2.62. The Bertz CT molecular complexity index is 644. The topological polar surface area (TPSA) is 64.1 Å². The van der Waals surface area contributed by atoms with E-state index in [0.717, 1.165) is 41.8 Å². The molecule has 3 rings (SSSR count). The van der Waals surface area contributed by atoms with Crippen LogP contribution in [0.25, 0.3) is 0 Å². The van der Waals surface area contributed by atoms with Gasteiger partial charge in [-0.15, -0.1) is 0 Å². The van der Waals surface area contributed by atoms with Gasteiger partial charge in [0.25, 0.3) is 5.91 Å². The van der Waals surface area contributed by atoms with Crippen LogP contribution in [0.5, 0.6) is 5.75 Å². The van der Waals surface area contributed by atoms with Crippen molar-refractivity contribution in [2.24, 2.45) is 0 Å². The van der Waals surface area contributed by atoms with Crippen molar-refractivity contribution in [2.45, 2.75) is 32.2 Å². The molecule has 0 saturated carbocycles. The molecule has 114 valence electrons. The first kappa shape index (κ1) is 14.5. The molecule has 1 N–H and O–H groups in total. The number of aryl methyl sites for hydroxylation is 1. The van der Waals surface area contributed by atoms with Gasteiger partial charge in [0, 0.05) is 36.4 Å². The monoisotopic (exact) mass is 297 g/mol. The lowest BCUT2D eigenvalue weighted by Crippen LogP contribution is -2.28. The number of amides is 1. The van der Waals surface area contributed by atoms with Crippen molar-refractivity contribution in [3.05, 3.63) is 53.6 Å². The minimum atomic E-state index is -0.127. The molecule has 5 heteroatoms. The van der Waals surface area contributed by atoms with E-state index >= 15 is 0 Å². The predicted molar refractivity (Wildman–Crippen MR) is 82.5 cm³/mol. The first-order chi connectivity index (χ1) is 10.8. The molecule has 22 heavy (non-hydrogen) atoms. The molecule has 0 saturated heterocycles. The normalized spacial score (nSPS) is 13.3. The van der Waals surface area contributed by atoms with Gasteiger partial charge >= 0.3 is 0 Å². The molecule has 2 heterocycles. The van der Waals surface area contributed by atoms with Crippen molar-refractivity contribution in [1.29, 1.82) is 0 Å². The maximum Gasteiger partial charge on any atom is 0.258 e. The molecule has 1 aliphatic rings. The van der Waals surface area contributed by atoms with Gasteiger partial charge in [0.1, 0.15) is 5.75 Å². The lowest BCUT2D eigenvalue weighted by atomic mass is 9.95. The number of carbonyl (C=O) groups excluding carboxylic acids is 1. The van der Waals surface area contributed by atoms with Gasteiger partial charge in [-0.25, -0.2) is 0 Å². The number of fused-ring (bicyclic) bond motifs is 1. The van der Waals surface area contributed by atoms with Crippen molar-refractivity contribution >= 4 is 5.91 Å². The first-order valence-electron chi connectivity index (χ1n) is 7.58. The Balaban J connectivity index is 1.53. The molecule has 0 atom stereocenters. The van der Waals surface area contributed by atoms with E-state index in [-0.39, 0.29) is 12.5 Å². The van der Waals surface area contributed by atoms with E-state index in [1.165, 1.54) is 6.42 Å². The number of hydrogen-bond donors (Lipinski definition) is 1. The number of ether oxygens (including phenoxy) is 1. The van der Waals surface area contributed by atoms with Gasteiger partial charge in [0.15, 0.2) is 6.61 Å². The molecule has 0 aliphatic heterocycles. The average Bonchev–Trinajstić information content (AvgIpc) is 2.59. The van der Waals surface area contributed by atoms with Crippen LogP contribution in [0.3, 0.4) is 0 Å². The van der Waals surface area contributed by atoms with Crippen LogP contribution < -0.4 is 10.1 Å². The van der Waals surface area contributed by atoms with Crippen LogP contribution in [0.4, 0.5) is 0 Å². The number of rotatable bonds is 5. The zero-order valence-electron chi connectivity index (χ0n) is 12.4. The summed E-state index contributed by atoms with van der Waals surface area (Å²) in [5.74, 6) is 0.668. The molecule has 0 aromatic carbocycles.